The number of carbonyl (C=O) groups excluding carboxylic acids is 2. The van der Waals surface area contributed by atoms with Crippen LogP contribution < -0.4 is 14.4 Å². The number of fused-ring (bicyclic) bond motifs is 1. The number of aliphatic hydroxyl groups excluding tert-OH is 1. The van der Waals surface area contributed by atoms with Crippen molar-refractivity contribution in [2.75, 3.05) is 11.7 Å². The van der Waals surface area contributed by atoms with Gasteiger partial charge in [0.05, 0.1) is 16.6 Å². The third-order valence-corrected chi connectivity index (χ3v) is 6.04. The molecule has 1 atom stereocenters. The van der Waals surface area contributed by atoms with Gasteiger partial charge >= 0.3 is 0 Å². The van der Waals surface area contributed by atoms with Gasteiger partial charge in [-0.3, -0.25) is 14.5 Å². The Balaban J connectivity index is 1.71. The summed E-state index contributed by atoms with van der Waals surface area (Å²) in [6.07, 6.45) is 0. The highest BCUT2D eigenvalue weighted by molar-refractivity contribution is 6.51. The Morgan fingerprint density at radius 2 is 1.67 bits per heavy atom. The quantitative estimate of drug-likeness (QED) is 0.307. The second-order valence-corrected chi connectivity index (χ2v) is 8.27. The van der Waals surface area contributed by atoms with Crippen molar-refractivity contribution in [2.24, 2.45) is 0 Å². The number of anilines is 1. The highest BCUT2D eigenvalue weighted by Gasteiger charge is 2.47. The standard InChI is InChI=1S/C24H15Cl2NO6/c25-14-3-5-15(6-4-14)27-21(12-1-7-17(28)16(26)9-12)20(23(30)24(27)31)22(29)13-2-8-18-19(10-13)33-11-32-18/h1-10,21,28-29H,11H2/b22-20-. The molecular formula is C24H15Cl2NO6. The van der Waals surface area contributed by atoms with Gasteiger partial charge in [0.1, 0.15) is 11.5 Å². The molecule has 1 fully saturated rings. The van der Waals surface area contributed by atoms with Crippen LogP contribution in [0.4, 0.5) is 5.69 Å². The molecule has 3 aromatic carbocycles. The van der Waals surface area contributed by atoms with Gasteiger partial charge in [-0.25, -0.2) is 0 Å². The lowest BCUT2D eigenvalue weighted by atomic mass is 9.95. The molecule has 0 radical (unpaired) electrons. The van der Waals surface area contributed by atoms with Crippen molar-refractivity contribution < 1.29 is 29.3 Å². The molecule has 2 N–H and O–H groups in total. The van der Waals surface area contributed by atoms with Crippen molar-refractivity contribution in [1.82, 2.24) is 0 Å². The van der Waals surface area contributed by atoms with E-state index in [1.165, 1.54) is 29.2 Å². The molecule has 0 aromatic heterocycles. The zero-order chi connectivity index (χ0) is 23.3. The number of ketones is 1. The van der Waals surface area contributed by atoms with E-state index in [4.69, 9.17) is 32.7 Å². The van der Waals surface area contributed by atoms with Gasteiger partial charge in [-0.2, -0.15) is 0 Å². The Labute approximate surface area is 198 Å². The molecule has 7 nitrogen and oxygen atoms in total. The van der Waals surface area contributed by atoms with Gasteiger partial charge in [-0.15, -0.1) is 0 Å². The number of amides is 1. The number of aliphatic hydroxyl groups is 1. The summed E-state index contributed by atoms with van der Waals surface area (Å²) in [4.78, 5) is 27.6. The van der Waals surface area contributed by atoms with Gasteiger partial charge in [-0.05, 0) is 60.2 Å². The maximum Gasteiger partial charge on any atom is 0.300 e. The SMILES string of the molecule is O=C1C(=O)N(c2ccc(Cl)cc2)C(c2ccc(O)c(Cl)c2)/C1=C(/O)c1ccc2c(c1)OCO2. The number of Topliss-reactive ketones (excluding diaryl/α,β-unsaturated/α-hetero) is 1. The summed E-state index contributed by atoms with van der Waals surface area (Å²) in [5, 5.41) is 21.5. The number of phenolic OH excluding ortho intramolecular Hbond substituents is 1. The Kier molecular flexibility index (Phi) is 5.15. The van der Waals surface area contributed by atoms with Crippen molar-refractivity contribution in [3.05, 3.63) is 87.4 Å². The number of hydrogen-bond donors (Lipinski definition) is 2. The van der Waals surface area contributed by atoms with Gasteiger partial charge in [0, 0.05) is 16.3 Å². The molecule has 5 rings (SSSR count). The van der Waals surface area contributed by atoms with Crippen LogP contribution in [-0.4, -0.2) is 28.7 Å². The number of nitrogens with zero attached hydrogens (tertiary/aromatic N) is 1. The number of benzene rings is 3. The molecule has 0 bridgehead atoms. The molecular weight excluding hydrogens is 469 g/mol. The van der Waals surface area contributed by atoms with Crippen LogP contribution in [0.25, 0.3) is 5.76 Å². The topological polar surface area (TPSA) is 96.3 Å². The van der Waals surface area contributed by atoms with Gasteiger partial charge in [-0.1, -0.05) is 29.3 Å². The maximum atomic E-state index is 13.2. The summed E-state index contributed by atoms with van der Waals surface area (Å²) in [6.45, 7) is 0.0481. The molecule has 0 aliphatic carbocycles. The second kappa shape index (κ2) is 8.03. The van der Waals surface area contributed by atoms with E-state index in [1.807, 2.05) is 0 Å². The minimum absolute atomic E-state index is 0.0391. The molecule has 166 valence electrons. The van der Waals surface area contributed by atoms with E-state index in [1.54, 1.807) is 36.4 Å². The fraction of sp³-hybridized carbons (Fsp3) is 0.0833. The van der Waals surface area contributed by atoms with E-state index in [-0.39, 0.29) is 34.5 Å². The molecule has 2 aliphatic heterocycles. The molecule has 3 aromatic rings. The number of carbonyl (C=O) groups is 2. The monoisotopic (exact) mass is 483 g/mol. The lowest BCUT2D eigenvalue weighted by Crippen LogP contribution is -2.29. The van der Waals surface area contributed by atoms with E-state index in [2.05, 4.69) is 0 Å². The fourth-order valence-corrected chi connectivity index (χ4v) is 4.22. The molecule has 33 heavy (non-hydrogen) atoms. The predicted molar refractivity (Wildman–Crippen MR) is 122 cm³/mol. The summed E-state index contributed by atoms with van der Waals surface area (Å²) in [5.41, 5.74) is 0.980. The summed E-state index contributed by atoms with van der Waals surface area (Å²) < 4.78 is 10.7. The number of ether oxygens (including phenoxy) is 2. The van der Waals surface area contributed by atoms with Crippen LogP contribution in [0.2, 0.25) is 10.0 Å². The average Bonchev–Trinajstić information content (AvgIpc) is 3.38. The average molecular weight is 484 g/mol. The Hall–Kier alpha value is -3.68. The van der Waals surface area contributed by atoms with E-state index in [0.29, 0.717) is 27.8 Å². The van der Waals surface area contributed by atoms with Crippen molar-refractivity contribution in [3.63, 3.8) is 0 Å². The molecule has 2 heterocycles. The molecule has 1 amide bonds. The lowest BCUT2D eigenvalue weighted by molar-refractivity contribution is -0.132. The lowest BCUT2D eigenvalue weighted by Gasteiger charge is -2.25. The van der Waals surface area contributed by atoms with Crippen molar-refractivity contribution in [3.8, 4) is 17.2 Å². The van der Waals surface area contributed by atoms with E-state index < -0.39 is 17.7 Å². The summed E-state index contributed by atoms with van der Waals surface area (Å²) in [5.74, 6) is -1.30. The van der Waals surface area contributed by atoms with Gasteiger partial charge in [0.15, 0.2) is 11.5 Å². The number of phenols is 1. The van der Waals surface area contributed by atoms with Crippen LogP contribution >= 0.6 is 23.2 Å². The van der Waals surface area contributed by atoms with Crippen LogP contribution in [-0.2, 0) is 9.59 Å². The highest BCUT2D eigenvalue weighted by Crippen LogP contribution is 2.44. The minimum atomic E-state index is -1.00. The van der Waals surface area contributed by atoms with E-state index in [9.17, 15) is 19.8 Å². The first kappa shape index (κ1) is 21.2. The summed E-state index contributed by atoms with van der Waals surface area (Å²) >= 11 is 12.1. The van der Waals surface area contributed by atoms with Crippen LogP contribution in [0.5, 0.6) is 17.2 Å². The van der Waals surface area contributed by atoms with E-state index >= 15 is 0 Å². The molecule has 2 aliphatic rings. The first-order valence-corrected chi connectivity index (χ1v) is 10.6. The number of hydrogen-bond acceptors (Lipinski definition) is 6. The molecule has 0 saturated carbocycles. The number of halogens is 2. The summed E-state index contributed by atoms with van der Waals surface area (Å²) in [6, 6.07) is 14.4. The first-order chi connectivity index (χ1) is 15.8. The van der Waals surface area contributed by atoms with Crippen molar-refractivity contribution >= 4 is 46.3 Å². The normalized spacial score (nSPS) is 18.7. The van der Waals surface area contributed by atoms with E-state index in [0.717, 1.165) is 0 Å². The van der Waals surface area contributed by atoms with Gasteiger partial charge < -0.3 is 19.7 Å². The van der Waals surface area contributed by atoms with Gasteiger partial charge in [0.25, 0.3) is 11.7 Å². The summed E-state index contributed by atoms with van der Waals surface area (Å²) in [7, 11) is 0. The number of rotatable bonds is 3. The Bertz CT molecular complexity index is 1340. The third kappa shape index (κ3) is 3.55. The molecule has 1 unspecified atom stereocenters. The van der Waals surface area contributed by atoms with Crippen LogP contribution in [0, 0.1) is 0 Å². The smallest absolute Gasteiger partial charge is 0.300 e. The second-order valence-electron chi connectivity index (χ2n) is 7.42. The van der Waals surface area contributed by atoms with Crippen LogP contribution in [0.15, 0.2) is 66.2 Å². The maximum absolute atomic E-state index is 13.2. The van der Waals surface area contributed by atoms with Crippen LogP contribution in [0.3, 0.4) is 0 Å². The van der Waals surface area contributed by atoms with Crippen molar-refractivity contribution in [2.45, 2.75) is 6.04 Å². The zero-order valence-electron chi connectivity index (χ0n) is 16.8. The van der Waals surface area contributed by atoms with Crippen molar-refractivity contribution in [1.29, 1.82) is 0 Å². The molecule has 1 saturated heterocycles. The third-order valence-electron chi connectivity index (χ3n) is 5.48. The highest BCUT2D eigenvalue weighted by atomic mass is 35.5. The number of aromatic hydroxyl groups is 1. The zero-order valence-corrected chi connectivity index (χ0v) is 18.3. The molecule has 0 spiro atoms. The largest absolute Gasteiger partial charge is 0.507 e. The van der Waals surface area contributed by atoms with Crippen LogP contribution in [0.1, 0.15) is 17.2 Å². The van der Waals surface area contributed by atoms with Gasteiger partial charge in [0.2, 0.25) is 6.79 Å². The first-order valence-electron chi connectivity index (χ1n) is 9.80. The fourth-order valence-electron chi connectivity index (χ4n) is 3.91. The Morgan fingerprint density at radius 3 is 2.39 bits per heavy atom. The molecule has 9 heteroatoms. The minimum Gasteiger partial charge on any atom is -0.507 e. The Morgan fingerprint density at radius 1 is 0.939 bits per heavy atom. The predicted octanol–water partition coefficient (Wildman–Crippen LogP) is 5.05.